The van der Waals surface area contributed by atoms with Crippen LogP contribution in [0.2, 0.25) is 0 Å². The molecule has 0 radical (unpaired) electrons. The van der Waals surface area contributed by atoms with Gasteiger partial charge in [-0.25, -0.2) is 0 Å². The maximum absolute atomic E-state index is 11.9. The van der Waals surface area contributed by atoms with E-state index in [1.54, 1.807) is 37.3 Å². The van der Waals surface area contributed by atoms with Gasteiger partial charge in [0.25, 0.3) is 0 Å². The van der Waals surface area contributed by atoms with Gasteiger partial charge >= 0.3 is 0 Å². The molecule has 0 bridgehead atoms. The molecule has 0 saturated heterocycles. The van der Waals surface area contributed by atoms with Crippen LogP contribution in [0.4, 0.5) is 0 Å². The van der Waals surface area contributed by atoms with E-state index in [1.165, 1.54) is 0 Å². The minimum Gasteiger partial charge on any atom is -0.368 e. The predicted molar refractivity (Wildman–Crippen MR) is 83.0 cm³/mol. The fraction of sp³-hybridized carbons (Fsp3) is 0.286. The van der Waals surface area contributed by atoms with Crippen LogP contribution in [0.15, 0.2) is 30.3 Å². The second-order valence-corrected chi connectivity index (χ2v) is 5.69. The van der Waals surface area contributed by atoms with E-state index in [9.17, 15) is 19.2 Å². The Bertz CT molecular complexity index is 562. The van der Waals surface area contributed by atoms with Crippen molar-refractivity contribution in [3.05, 3.63) is 35.9 Å². The topological polar surface area (TPSA) is 118 Å². The van der Waals surface area contributed by atoms with Crippen LogP contribution in [0, 0.1) is 0 Å². The molecule has 0 aromatic heterocycles. The van der Waals surface area contributed by atoms with E-state index in [0.717, 1.165) is 11.8 Å². The molecule has 1 aromatic carbocycles. The Morgan fingerprint density at radius 1 is 1.09 bits per heavy atom. The number of carbonyl (C=O) groups excluding carboxylic acids is 4. The van der Waals surface area contributed by atoms with Gasteiger partial charge in [-0.15, -0.1) is 0 Å². The number of hydrogen-bond donors (Lipinski definition) is 3. The zero-order valence-corrected chi connectivity index (χ0v) is 12.8. The highest BCUT2D eigenvalue weighted by atomic mass is 32.2. The maximum Gasteiger partial charge on any atom is 0.239 e. The lowest BCUT2D eigenvalue weighted by Crippen LogP contribution is -2.42. The molecule has 22 heavy (non-hydrogen) atoms. The van der Waals surface area contributed by atoms with Crippen LogP contribution in [0.3, 0.4) is 0 Å². The number of amides is 3. The van der Waals surface area contributed by atoms with Crippen molar-refractivity contribution in [2.75, 3.05) is 13.1 Å². The van der Waals surface area contributed by atoms with Crippen LogP contribution in [-0.2, 0) is 14.4 Å². The Labute approximate surface area is 132 Å². The van der Waals surface area contributed by atoms with Crippen molar-refractivity contribution < 1.29 is 19.2 Å². The lowest BCUT2D eigenvalue weighted by molar-refractivity contribution is -0.126. The molecule has 3 amide bonds. The summed E-state index contributed by atoms with van der Waals surface area (Å²) < 4.78 is 0. The van der Waals surface area contributed by atoms with Crippen molar-refractivity contribution in [3.63, 3.8) is 0 Å². The van der Waals surface area contributed by atoms with E-state index >= 15 is 0 Å². The van der Waals surface area contributed by atoms with Crippen LogP contribution in [0.1, 0.15) is 17.3 Å². The SMILES string of the molecule is CC(SC(=O)c1ccccc1)C(=O)NCC(=O)NCC(N)=O. The quantitative estimate of drug-likeness (QED) is 0.635. The zero-order valence-electron chi connectivity index (χ0n) is 12.0. The molecule has 0 saturated carbocycles. The van der Waals surface area contributed by atoms with Crippen molar-refractivity contribution in [2.45, 2.75) is 12.2 Å². The molecule has 0 aliphatic heterocycles. The fourth-order valence-electron chi connectivity index (χ4n) is 1.42. The van der Waals surface area contributed by atoms with Gasteiger partial charge in [-0.05, 0) is 6.92 Å². The summed E-state index contributed by atoms with van der Waals surface area (Å²) in [5.74, 6) is -1.64. The van der Waals surface area contributed by atoms with Crippen LogP contribution in [0.5, 0.6) is 0 Å². The lowest BCUT2D eigenvalue weighted by Gasteiger charge is -2.11. The van der Waals surface area contributed by atoms with Gasteiger partial charge in [0.05, 0.1) is 18.3 Å². The summed E-state index contributed by atoms with van der Waals surface area (Å²) >= 11 is 0.874. The Morgan fingerprint density at radius 3 is 2.32 bits per heavy atom. The third-order valence-electron chi connectivity index (χ3n) is 2.55. The van der Waals surface area contributed by atoms with Gasteiger partial charge in [0.2, 0.25) is 22.8 Å². The number of primary amides is 1. The van der Waals surface area contributed by atoms with Gasteiger partial charge < -0.3 is 16.4 Å². The molecule has 1 unspecified atom stereocenters. The van der Waals surface area contributed by atoms with Crippen LogP contribution in [-0.4, -0.2) is 41.2 Å². The summed E-state index contributed by atoms with van der Waals surface area (Å²) in [7, 11) is 0. The van der Waals surface area contributed by atoms with E-state index in [4.69, 9.17) is 5.73 Å². The zero-order chi connectivity index (χ0) is 16.5. The first kappa shape index (κ1) is 17.7. The summed E-state index contributed by atoms with van der Waals surface area (Å²) in [4.78, 5) is 45.5. The molecular formula is C14H17N3O4S. The van der Waals surface area contributed by atoms with Gasteiger partial charge in [-0.2, -0.15) is 0 Å². The van der Waals surface area contributed by atoms with Crippen LogP contribution in [0.25, 0.3) is 0 Å². The smallest absolute Gasteiger partial charge is 0.239 e. The van der Waals surface area contributed by atoms with Crippen LogP contribution < -0.4 is 16.4 Å². The van der Waals surface area contributed by atoms with E-state index in [0.29, 0.717) is 5.56 Å². The molecule has 0 heterocycles. The number of rotatable bonds is 7. The average molecular weight is 323 g/mol. The standard InChI is InChI=1S/C14H17N3O4S/c1-9(22-14(21)10-5-3-2-4-6-10)13(20)17-8-12(19)16-7-11(15)18/h2-6,9H,7-8H2,1H3,(H2,15,18)(H,16,19)(H,17,20). The highest BCUT2D eigenvalue weighted by Crippen LogP contribution is 2.17. The summed E-state index contributed by atoms with van der Waals surface area (Å²) in [6.07, 6.45) is 0. The monoisotopic (exact) mass is 323 g/mol. The summed E-state index contributed by atoms with van der Waals surface area (Å²) in [5.41, 5.74) is 5.38. The normalized spacial score (nSPS) is 11.3. The maximum atomic E-state index is 11.9. The Hall–Kier alpha value is -2.35. The number of hydrogen-bond acceptors (Lipinski definition) is 5. The van der Waals surface area contributed by atoms with Crippen molar-refractivity contribution >= 4 is 34.6 Å². The molecule has 4 N–H and O–H groups in total. The summed E-state index contributed by atoms with van der Waals surface area (Å²) in [6, 6.07) is 8.60. The molecule has 0 aliphatic carbocycles. The number of carbonyl (C=O) groups is 4. The van der Waals surface area contributed by atoms with E-state index in [2.05, 4.69) is 10.6 Å². The molecule has 1 rings (SSSR count). The average Bonchev–Trinajstić information content (AvgIpc) is 2.51. The van der Waals surface area contributed by atoms with Gasteiger partial charge in [-0.1, -0.05) is 42.1 Å². The molecule has 1 atom stereocenters. The Balaban J connectivity index is 2.37. The van der Waals surface area contributed by atoms with Gasteiger partial charge in [-0.3, -0.25) is 19.2 Å². The van der Waals surface area contributed by atoms with E-state index < -0.39 is 23.0 Å². The Kier molecular flexibility index (Phi) is 7.11. The van der Waals surface area contributed by atoms with E-state index in [-0.39, 0.29) is 18.2 Å². The number of thioether (sulfide) groups is 1. The first-order valence-corrected chi connectivity index (χ1v) is 7.37. The van der Waals surface area contributed by atoms with Gasteiger partial charge in [0.1, 0.15) is 0 Å². The number of benzene rings is 1. The molecule has 0 fully saturated rings. The van der Waals surface area contributed by atoms with Crippen molar-refractivity contribution in [1.29, 1.82) is 0 Å². The summed E-state index contributed by atoms with van der Waals surface area (Å²) in [6.45, 7) is 1.00. The molecule has 118 valence electrons. The molecule has 7 nitrogen and oxygen atoms in total. The number of nitrogens with one attached hydrogen (secondary N) is 2. The third kappa shape index (κ3) is 6.40. The summed E-state index contributed by atoms with van der Waals surface area (Å²) in [5, 5.41) is 3.76. The molecule has 1 aromatic rings. The van der Waals surface area contributed by atoms with Crippen LogP contribution >= 0.6 is 11.8 Å². The van der Waals surface area contributed by atoms with Gasteiger partial charge in [0, 0.05) is 5.56 Å². The molecule has 8 heteroatoms. The highest BCUT2D eigenvalue weighted by Gasteiger charge is 2.19. The first-order valence-electron chi connectivity index (χ1n) is 6.49. The van der Waals surface area contributed by atoms with E-state index in [1.807, 2.05) is 0 Å². The molecular weight excluding hydrogens is 306 g/mol. The molecule has 0 spiro atoms. The minimum absolute atomic E-state index is 0.221. The first-order chi connectivity index (χ1) is 10.4. The van der Waals surface area contributed by atoms with Gasteiger partial charge in [0.15, 0.2) is 0 Å². The Morgan fingerprint density at radius 2 is 1.73 bits per heavy atom. The lowest BCUT2D eigenvalue weighted by atomic mass is 10.2. The largest absolute Gasteiger partial charge is 0.368 e. The second-order valence-electron chi connectivity index (χ2n) is 4.37. The van der Waals surface area contributed by atoms with Crippen molar-refractivity contribution in [1.82, 2.24) is 10.6 Å². The van der Waals surface area contributed by atoms with Crippen molar-refractivity contribution in [2.24, 2.45) is 5.73 Å². The molecule has 0 aliphatic rings. The third-order valence-corrected chi connectivity index (χ3v) is 3.56. The fourth-order valence-corrected chi connectivity index (χ4v) is 2.20. The minimum atomic E-state index is -0.669. The van der Waals surface area contributed by atoms with Crippen molar-refractivity contribution in [3.8, 4) is 0 Å². The number of nitrogens with two attached hydrogens (primary N) is 1. The predicted octanol–water partition coefficient (Wildman–Crippen LogP) is -0.334. The highest BCUT2D eigenvalue weighted by molar-refractivity contribution is 8.15. The second kappa shape index (κ2) is 8.83.